The number of nitrogens with one attached hydrogen (secondary N) is 1. The Bertz CT molecular complexity index is 839. The van der Waals surface area contributed by atoms with Crippen LogP contribution in [0.15, 0.2) is 35.7 Å². The zero-order valence-corrected chi connectivity index (χ0v) is 16.4. The lowest BCUT2D eigenvalue weighted by molar-refractivity contribution is 0.00212. The Labute approximate surface area is 163 Å². The fraction of sp³-hybridized carbons (Fsp3) is 0.524. The first-order valence-electron chi connectivity index (χ1n) is 9.77. The van der Waals surface area contributed by atoms with Gasteiger partial charge in [0.1, 0.15) is 5.01 Å². The molecule has 1 aromatic heterocycles. The molecule has 2 bridgehead atoms. The molecule has 0 saturated carbocycles. The third-order valence-corrected chi connectivity index (χ3v) is 7.37. The van der Waals surface area contributed by atoms with Gasteiger partial charge in [0.15, 0.2) is 0 Å². The molecule has 4 atom stereocenters. The van der Waals surface area contributed by atoms with E-state index in [1.807, 2.05) is 37.3 Å². The predicted octanol–water partition coefficient (Wildman–Crippen LogP) is 2.86. The standard InChI is InChI=1S/C21H25N3O2S/c1-14-12-27-19(23-14)11-24-10-17-16(18-7-8-21(17,13-24)26-18)9-22-20(25)15-5-3-2-4-6-15/h2-6,12,16-18H,7-11,13H2,1H3,(H,22,25)/t16-,17+,18+,21+/m0/s1. The molecule has 5 rings (SSSR count). The minimum absolute atomic E-state index is 0.000881. The van der Waals surface area contributed by atoms with Crippen molar-refractivity contribution in [2.24, 2.45) is 11.8 Å². The minimum atomic E-state index is -0.000881. The molecular weight excluding hydrogens is 358 g/mol. The summed E-state index contributed by atoms with van der Waals surface area (Å²) < 4.78 is 6.50. The summed E-state index contributed by atoms with van der Waals surface area (Å²) in [6.45, 7) is 5.70. The normalized spacial score (nSPS) is 32.0. The highest BCUT2D eigenvalue weighted by molar-refractivity contribution is 7.09. The van der Waals surface area contributed by atoms with E-state index >= 15 is 0 Å². The van der Waals surface area contributed by atoms with Crippen LogP contribution < -0.4 is 5.32 Å². The number of ether oxygens (including phenoxy) is 1. The number of thiazole rings is 1. The minimum Gasteiger partial charge on any atom is -0.370 e. The lowest BCUT2D eigenvalue weighted by Gasteiger charge is -2.29. The summed E-state index contributed by atoms with van der Waals surface area (Å²) in [6.07, 6.45) is 2.57. The van der Waals surface area contributed by atoms with Crippen LogP contribution in [0.2, 0.25) is 0 Å². The number of carbonyl (C=O) groups is 1. The number of aryl methyl sites for hydroxylation is 1. The molecule has 1 aromatic carbocycles. The van der Waals surface area contributed by atoms with E-state index in [0.717, 1.165) is 43.7 Å². The Balaban J connectivity index is 1.25. The lowest BCUT2D eigenvalue weighted by atomic mass is 9.73. The van der Waals surface area contributed by atoms with E-state index in [2.05, 4.69) is 20.6 Å². The summed E-state index contributed by atoms with van der Waals surface area (Å²) in [5, 5.41) is 6.46. The quantitative estimate of drug-likeness (QED) is 0.863. The smallest absolute Gasteiger partial charge is 0.251 e. The molecule has 1 amide bonds. The van der Waals surface area contributed by atoms with Gasteiger partial charge >= 0.3 is 0 Å². The number of aromatic nitrogens is 1. The molecular formula is C21H25N3O2S. The van der Waals surface area contributed by atoms with Gasteiger partial charge in [-0.25, -0.2) is 4.98 Å². The van der Waals surface area contributed by atoms with Crippen molar-refractivity contribution in [2.45, 2.75) is 38.0 Å². The van der Waals surface area contributed by atoms with Gasteiger partial charge in [0.2, 0.25) is 0 Å². The summed E-state index contributed by atoms with van der Waals surface area (Å²) >= 11 is 1.74. The molecule has 142 valence electrons. The molecule has 0 radical (unpaired) electrons. The highest BCUT2D eigenvalue weighted by Gasteiger charge is 2.62. The summed E-state index contributed by atoms with van der Waals surface area (Å²) in [6, 6.07) is 9.46. The second-order valence-corrected chi connectivity index (χ2v) is 9.10. The number of rotatable bonds is 5. The van der Waals surface area contributed by atoms with Crippen LogP contribution >= 0.6 is 11.3 Å². The molecule has 4 heterocycles. The van der Waals surface area contributed by atoms with Gasteiger partial charge < -0.3 is 10.1 Å². The van der Waals surface area contributed by atoms with Crippen molar-refractivity contribution in [2.75, 3.05) is 19.6 Å². The average molecular weight is 384 g/mol. The van der Waals surface area contributed by atoms with Gasteiger partial charge in [0.25, 0.3) is 5.91 Å². The highest BCUT2D eigenvalue weighted by Crippen LogP contribution is 2.54. The zero-order valence-electron chi connectivity index (χ0n) is 15.6. The van der Waals surface area contributed by atoms with Gasteiger partial charge in [0.05, 0.1) is 18.2 Å². The third kappa shape index (κ3) is 3.10. The molecule has 3 fully saturated rings. The number of likely N-dealkylation sites (tertiary alicyclic amines) is 1. The Hall–Kier alpha value is -1.76. The maximum absolute atomic E-state index is 12.4. The summed E-state index contributed by atoms with van der Waals surface area (Å²) in [7, 11) is 0. The van der Waals surface area contributed by atoms with Crippen molar-refractivity contribution in [3.63, 3.8) is 0 Å². The largest absolute Gasteiger partial charge is 0.370 e. The number of amides is 1. The van der Waals surface area contributed by atoms with Crippen molar-refractivity contribution >= 4 is 17.2 Å². The molecule has 0 unspecified atom stereocenters. The van der Waals surface area contributed by atoms with Crippen LogP contribution in [0.25, 0.3) is 0 Å². The fourth-order valence-electron chi connectivity index (χ4n) is 5.25. The number of hydrogen-bond donors (Lipinski definition) is 1. The average Bonchev–Trinajstić information content (AvgIpc) is 3.41. The fourth-order valence-corrected chi connectivity index (χ4v) is 6.06. The number of hydrogen-bond acceptors (Lipinski definition) is 5. The second-order valence-electron chi connectivity index (χ2n) is 8.16. The van der Waals surface area contributed by atoms with Crippen molar-refractivity contribution in [1.29, 1.82) is 0 Å². The maximum Gasteiger partial charge on any atom is 0.251 e. The van der Waals surface area contributed by atoms with Crippen molar-refractivity contribution in [1.82, 2.24) is 15.2 Å². The van der Waals surface area contributed by atoms with E-state index in [-0.39, 0.29) is 11.5 Å². The number of nitrogens with zero attached hydrogens (tertiary/aromatic N) is 2. The molecule has 6 heteroatoms. The maximum atomic E-state index is 12.4. The molecule has 3 aliphatic heterocycles. The van der Waals surface area contributed by atoms with Gasteiger partial charge in [-0.05, 0) is 31.9 Å². The number of fused-ring (bicyclic) bond motifs is 1. The first-order chi connectivity index (χ1) is 13.1. The SMILES string of the molecule is Cc1csc(CN2C[C@@H]3[C@H](CNC(=O)c4ccccc4)[C@H]4CC[C@]3(C2)O4)n1. The zero-order chi connectivity index (χ0) is 18.4. The van der Waals surface area contributed by atoms with Gasteiger partial charge in [-0.1, -0.05) is 18.2 Å². The summed E-state index contributed by atoms with van der Waals surface area (Å²) in [4.78, 5) is 19.6. The molecule has 3 saturated heterocycles. The summed E-state index contributed by atoms with van der Waals surface area (Å²) in [5.74, 6) is 0.934. The van der Waals surface area contributed by atoms with Gasteiger partial charge in [-0.2, -0.15) is 0 Å². The monoisotopic (exact) mass is 383 g/mol. The van der Waals surface area contributed by atoms with E-state index in [4.69, 9.17) is 4.74 Å². The van der Waals surface area contributed by atoms with Crippen LogP contribution in [0.1, 0.15) is 33.9 Å². The number of carbonyl (C=O) groups excluding carboxylic acids is 1. The van der Waals surface area contributed by atoms with E-state index in [9.17, 15) is 4.79 Å². The molecule has 3 aliphatic rings. The lowest BCUT2D eigenvalue weighted by Crippen LogP contribution is -2.41. The van der Waals surface area contributed by atoms with Gasteiger partial charge in [0, 0.05) is 48.1 Å². The molecule has 0 aliphatic carbocycles. The van der Waals surface area contributed by atoms with Crippen molar-refractivity contribution in [3.8, 4) is 0 Å². The topological polar surface area (TPSA) is 54.5 Å². The van der Waals surface area contributed by atoms with E-state index in [1.165, 1.54) is 5.01 Å². The van der Waals surface area contributed by atoms with E-state index in [0.29, 0.717) is 24.5 Å². The number of benzene rings is 1. The van der Waals surface area contributed by atoms with Crippen molar-refractivity contribution < 1.29 is 9.53 Å². The molecule has 27 heavy (non-hydrogen) atoms. The molecule has 5 nitrogen and oxygen atoms in total. The van der Waals surface area contributed by atoms with Crippen LogP contribution in [-0.4, -0.2) is 47.1 Å². The van der Waals surface area contributed by atoms with Gasteiger partial charge in [-0.15, -0.1) is 11.3 Å². The predicted molar refractivity (Wildman–Crippen MR) is 105 cm³/mol. The first-order valence-corrected chi connectivity index (χ1v) is 10.7. The van der Waals surface area contributed by atoms with Crippen LogP contribution in [0.3, 0.4) is 0 Å². The Morgan fingerprint density at radius 2 is 2.26 bits per heavy atom. The van der Waals surface area contributed by atoms with Crippen molar-refractivity contribution in [3.05, 3.63) is 52.0 Å². The van der Waals surface area contributed by atoms with Crippen LogP contribution in [0.5, 0.6) is 0 Å². The first kappa shape index (κ1) is 17.3. The summed E-state index contributed by atoms with van der Waals surface area (Å²) in [5.41, 5.74) is 1.83. The Morgan fingerprint density at radius 3 is 3.04 bits per heavy atom. The second kappa shape index (κ2) is 6.69. The van der Waals surface area contributed by atoms with Crippen LogP contribution in [0, 0.1) is 18.8 Å². The molecule has 1 spiro atoms. The van der Waals surface area contributed by atoms with Crippen LogP contribution in [-0.2, 0) is 11.3 Å². The molecule has 1 N–H and O–H groups in total. The van der Waals surface area contributed by atoms with Gasteiger partial charge in [-0.3, -0.25) is 9.69 Å². The van der Waals surface area contributed by atoms with E-state index < -0.39 is 0 Å². The van der Waals surface area contributed by atoms with E-state index in [1.54, 1.807) is 11.3 Å². The van der Waals surface area contributed by atoms with Crippen LogP contribution in [0.4, 0.5) is 0 Å². The highest BCUT2D eigenvalue weighted by atomic mass is 32.1. The Kier molecular flexibility index (Phi) is 4.30. The third-order valence-electron chi connectivity index (χ3n) is 6.41. The molecule has 2 aromatic rings. The Morgan fingerprint density at radius 1 is 1.41 bits per heavy atom.